The molecule has 0 bridgehead atoms. The third kappa shape index (κ3) is 4.45. The van der Waals surface area contributed by atoms with Crippen LogP contribution in [-0.4, -0.2) is 29.7 Å². The van der Waals surface area contributed by atoms with Gasteiger partial charge in [0, 0.05) is 18.2 Å². The maximum Gasteiger partial charge on any atom is 0.318 e. The number of ether oxygens (including phenoxy) is 1. The highest BCUT2D eigenvalue weighted by Gasteiger charge is 2.28. The van der Waals surface area contributed by atoms with Crippen molar-refractivity contribution >= 4 is 6.03 Å². The Morgan fingerprint density at radius 3 is 3.00 bits per heavy atom. The second-order valence-corrected chi connectivity index (χ2v) is 7.14. The van der Waals surface area contributed by atoms with Crippen LogP contribution in [0.25, 0.3) is 11.3 Å². The minimum Gasteiger partial charge on any atom is -0.497 e. The third-order valence-electron chi connectivity index (χ3n) is 5.22. The third-order valence-corrected chi connectivity index (χ3v) is 5.22. The van der Waals surface area contributed by atoms with Crippen LogP contribution in [0.3, 0.4) is 0 Å². The molecule has 3 heterocycles. The average Bonchev–Trinajstić information content (AvgIpc) is 3.40. The molecule has 1 saturated heterocycles. The number of furan rings is 1. The molecule has 7 heteroatoms. The van der Waals surface area contributed by atoms with Gasteiger partial charge >= 0.3 is 6.03 Å². The van der Waals surface area contributed by atoms with E-state index in [0.29, 0.717) is 18.0 Å². The predicted octanol–water partition coefficient (Wildman–Crippen LogP) is 4.77. The first-order valence-corrected chi connectivity index (χ1v) is 9.92. The van der Waals surface area contributed by atoms with E-state index in [4.69, 9.17) is 13.7 Å². The molecule has 1 aromatic carbocycles. The summed E-state index contributed by atoms with van der Waals surface area (Å²) in [5, 5.41) is 7.08. The fraction of sp³-hybridized carbons (Fsp3) is 0.364. The van der Waals surface area contributed by atoms with Crippen LogP contribution in [0.4, 0.5) is 4.79 Å². The summed E-state index contributed by atoms with van der Waals surface area (Å²) in [6.45, 7) is 0.986. The molecule has 2 amide bonds. The van der Waals surface area contributed by atoms with Crippen molar-refractivity contribution in [1.29, 1.82) is 0 Å². The lowest BCUT2D eigenvalue weighted by atomic mass is 10.1. The summed E-state index contributed by atoms with van der Waals surface area (Å²) in [7, 11) is 1.63. The Kier molecular flexibility index (Phi) is 5.84. The summed E-state index contributed by atoms with van der Waals surface area (Å²) in [5.41, 5.74) is 1.60. The Hall–Kier alpha value is -3.22. The molecule has 1 aliphatic rings. The number of hydrogen-bond donors (Lipinski definition) is 1. The topological polar surface area (TPSA) is 80.7 Å². The quantitative estimate of drug-likeness (QED) is 0.673. The van der Waals surface area contributed by atoms with Crippen LogP contribution >= 0.6 is 0 Å². The largest absolute Gasteiger partial charge is 0.497 e. The lowest BCUT2D eigenvalue weighted by Gasteiger charge is -2.28. The van der Waals surface area contributed by atoms with Crippen molar-refractivity contribution in [3.05, 3.63) is 60.2 Å². The highest BCUT2D eigenvalue weighted by atomic mass is 16.5. The van der Waals surface area contributed by atoms with Gasteiger partial charge in [0.25, 0.3) is 0 Å². The summed E-state index contributed by atoms with van der Waals surface area (Å²) in [5.74, 6) is 2.19. The predicted molar refractivity (Wildman–Crippen MR) is 107 cm³/mol. The van der Waals surface area contributed by atoms with E-state index in [1.165, 1.54) is 0 Å². The van der Waals surface area contributed by atoms with E-state index >= 15 is 0 Å². The van der Waals surface area contributed by atoms with Crippen molar-refractivity contribution in [1.82, 2.24) is 15.4 Å². The number of carbonyl (C=O) groups is 1. The second kappa shape index (κ2) is 8.86. The van der Waals surface area contributed by atoms with Crippen LogP contribution in [0.2, 0.25) is 0 Å². The molecule has 0 saturated carbocycles. The van der Waals surface area contributed by atoms with Crippen molar-refractivity contribution in [2.75, 3.05) is 13.7 Å². The molecule has 1 atom stereocenters. The Morgan fingerprint density at radius 1 is 1.24 bits per heavy atom. The van der Waals surface area contributed by atoms with Gasteiger partial charge in [-0.05, 0) is 37.1 Å². The van der Waals surface area contributed by atoms with E-state index in [2.05, 4.69) is 10.5 Å². The van der Waals surface area contributed by atoms with Gasteiger partial charge in [-0.1, -0.05) is 30.1 Å². The molecule has 29 heavy (non-hydrogen) atoms. The summed E-state index contributed by atoms with van der Waals surface area (Å²) < 4.78 is 16.2. The zero-order chi connectivity index (χ0) is 20.1. The van der Waals surface area contributed by atoms with Crippen LogP contribution in [0, 0.1) is 0 Å². The van der Waals surface area contributed by atoms with Crippen molar-refractivity contribution in [2.24, 2.45) is 0 Å². The zero-order valence-corrected chi connectivity index (χ0v) is 16.5. The number of nitrogens with one attached hydrogen (secondary N) is 1. The van der Waals surface area contributed by atoms with E-state index in [1.54, 1.807) is 13.4 Å². The standard InChI is InChI=1S/C22H25N3O4/c1-27-17-8-5-7-16(13-17)19-14-18(29-24-19)15-23-22(26)25-11-4-2-3-9-20(25)21-10-6-12-28-21/h5-8,10,12-14,20H,2-4,9,11,15H2,1H3,(H,23,26)/t20-/m0/s1. The van der Waals surface area contributed by atoms with Crippen molar-refractivity contribution in [3.63, 3.8) is 0 Å². The van der Waals surface area contributed by atoms with Crippen LogP contribution in [-0.2, 0) is 6.54 Å². The van der Waals surface area contributed by atoms with Gasteiger partial charge in [0.05, 0.1) is 26.0 Å². The summed E-state index contributed by atoms with van der Waals surface area (Å²) >= 11 is 0. The molecule has 2 aromatic heterocycles. The Bertz CT molecular complexity index is 935. The lowest BCUT2D eigenvalue weighted by molar-refractivity contribution is 0.165. The Labute approximate surface area is 169 Å². The number of aromatic nitrogens is 1. The maximum absolute atomic E-state index is 12.9. The number of rotatable bonds is 5. The first kappa shape index (κ1) is 19.1. The molecule has 1 fully saturated rings. The minimum atomic E-state index is -0.118. The summed E-state index contributed by atoms with van der Waals surface area (Å²) in [6, 6.07) is 13.1. The molecular formula is C22H25N3O4. The van der Waals surface area contributed by atoms with Gasteiger partial charge in [-0.15, -0.1) is 0 Å². The van der Waals surface area contributed by atoms with E-state index < -0.39 is 0 Å². The van der Waals surface area contributed by atoms with Gasteiger partial charge in [-0.25, -0.2) is 4.79 Å². The molecule has 0 aliphatic carbocycles. The molecule has 0 radical (unpaired) electrons. The molecule has 0 unspecified atom stereocenters. The number of nitrogens with zero attached hydrogens (tertiary/aromatic N) is 2. The Morgan fingerprint density at radius 2 is 2.17 bits per heavy atom. The Balaban J connectivity index is 1.41. The average molecular weight is 395 g/mol. The summed E-state index contributed by atoms with van der Waals surface area (Å²) in [4.78, 5) is 14.8. The molecule has 152 valence electrons. The van der Waals surface area contributed by atoms with E-state index in [-0.39, 0.29) is 18.6 Å². The van der Waals surface area contributed by atoms with Gasteiger partial charge in [0.15, 0.2) is 5.76 Å². The van der Waals surface area contributed by atoms with Crippen molar-refractivity contribution < 1.29 is 18.5 Å². The molecule has 1 aliphatic heterocycles. The molecule has 4 rings (SSSR count). The van der Waals surface area contributed by atoms with E-state index in [9.17, 15) is 4.79 Å². The van der Waals surface area contributed by atoms with Gasteiger partial charge in [-0.2, -0.15) is 0 Å². The molecule has 0 spiro atoms. The van der Waals surface area contributed by atoms with Crippen LogP contribution in [0.5, 0.6) is 5.75 Å². The smallest absolute Gasteiger partial charge is 0.318 e. The zero-order valence-electron chi connectivity index (χ0n) is 16.5. The molecular weight excluding hydrogens is 370 g/mol. The monoisotopic (exact) mass is 395 g/mol. The lowest BCUT2D eigenvalue weighted by Crippen LogP contribution is -2.41. The number of likely N-dealkylation sites (tertiary alicyclic amines) is 1. The van der Waals surface area contributed by atoms with Crippen molar-refractivity contribution in [2.45, 2.75) is 38.3 Å². The van der Waals surface area contributed by atoms with E-state index in [1.807, 2.05) is 47.4 Å². The number of amides is 2. The highest BCUT2D eigenvalue weighted by Crippen LogP contribution is 2.30. The maximum atomic E-state index is 12.9. The second-order valence-electron chi connectivity index (χ2n) is 7.14. The molecule has 1 N–H and O–H groups in total. The fourth-order valence-corrected chi connectivity index (χ4v) is 3.71. The first-order valence-electron chi connectivity index (χ1n) is 9.92. The SMILES string of the molecule is COc1cccc(-c2cc(CNC(=O)N3CCCCC[C@H]3c3ccco3)on2)c1. The van der Waals surface area contributed by atoms with Crippen LogP contribution < -0.4 is 10.1 Å². The summed E-state index contributed by atoms with van der Waals surface area (Å²) in [6.07, 6.45) is 5.76. The van der Waals surface area contributed by atoms with Crippen molar-refractivity contribution in [3.8, 4) is 17.0 Å². The van der Waals surface area contributed by atoms with Crippen LogP contribution in [0.1, 0.15) is 43.2 Å². The minimum absolute atomic E-state index is 0.0328. The number of hydrogen-bond acceptors (Lipinski definition) is 5. The number of benzene rings is 1. The van der Waals surface area contributed by atoms with Gasteiger partial charge in [0.1, 0.15) is 17.2 Å². The fourth-order valence-electron chi connectivity index (χ4n) is 3.71. The number of methoxy groups -OCH3 is 1. The molecule has 3 aromatic rings. The number of carbonyl (C=O) groups excluding carboxylic acids is 1. The normalized spacial score (nSPS) is 17.0. The van der Waals surface area contributed by atoms with Crippen LogP contribution in [0.15, 0.2) is 57.7 Å². The van der Waals surface area contributed by atoms with E-state index in [0.717, 1.165) is 42.8 Å². The van der Waals surface area contributed by atoms with Gasteiger partial charge in [-0.3, -0.25) is 0 Å². The highest BCUT2D eigenvalue weighted by molar-refractivity contribution is 5.74. The van der Waals surface area contributed by atoms with Gasteiger partial charge in [0.2, 0.25) is 0 Å². The number of urea groups is 1. The first-order chi connectivity index (χ1) is 14.2. The van der Waals surface area contributed by atoms with Gasteiger partial charge < -0.3 is 23.9 Å². The molecule has 7 nitrogen and oxygen atoms in total.